The number of hydrogen-bond acceptors (Lipinski definition) is 4. The Bertz CT molecular complexity index is 476. The lowest BCUT2D eigenvalue weighted by atomic mass is 10.0. The van der Waals surface area contributed by atoms with E-state index in [1.54, 1.807) is 13.8 Å². The number of nitrogens with two attached hydrogens (primary N) is 2. The van der Waals surface area contributed by atoms with E-state index < -0.39 is 23.7 Å². The second kappa shape index (κ2) is 5.44. The van der Waals surface area contributed by atoms with E-state index in [1.165, 1.54) is 0 Å². The van der Waals surface area contributed by atoms with E-state index in [2.05, 4.69) is 10.3 Å². The van der Waals surface area contributed by atoms with Crippen molar-refractivity contribution in [3.63, 3.8) is 0 Å². The standard InChI is InChI=1S/C11H15FN4O2/c1-5(2)8(10(14)17)16-11(18)7-3-6(12)4-15-9(7)13/h3-5,8H,1-2H3,(H2,13,15)(H2,14,17)(H,16,18). The lowest BCUT2D eigenvalue weighted by molar-refractivity contribution is -0.120. The molecular weight excluding hydrogens is 239 g/mol. The third-order valence-electron chi connectivity index (χ3n) is 2.39. The molecule has 98 valence electrons. The number of aromatic nitrogens is 1. The van der Waals surface area contributed by atoms with E-state index in [0.717, 1.165) is 12.3 Å². The van der Waals surface area contributed by atoms with Crippen LogP contribution in [0.5, 0.6) is 0 Å². The maximum atomic E-state index is 13.0. The molecule has 2 amide bonds. The highest BCUT2D eigenvalue weighted by molar-refractivity contribution is 6.00. The summed E-state index contributed by atoms with van der Waals surface area (Å²) in [5.41, 5.74) is 10.5. The first-order chi connectivity index (χ1) is 8.32. The molecule has 0 radical (unpaired) electrons. The quantitative estimate of drug-likeness (QED) is 0.704. The fourth-order valence-electron chi connectivity index (χ4n) is 1.42. The first-order valence-corrected chi connectivity index (χ1v) is 5.34. The summed E-state index contributed by atoms with van der Waals surface area (Å²) in [4.78, 5) is 26.5. The van der Waals surface area contributed by atoms with Crippen LogP contribution in [-0.4, -0.2) is 22.8 Å². The van der Waals surface area contributed by atoms with Crippen LogP contribution in [0.3, 0.4) is 0 Å². The van der Waals surface area contributed by atoms with Crippen LogP contribution >= 0.6 is 0 Å². The van der Waals surface area contributed by atoms with Crippen LogP contribution in [0.15, 0.2) is 12.3 Å². The average Bonchev–Trinajstić information content (AvgIpc) is 2.28. The van der Waals surface area contributed by atoms with Gasteiger partial charge in [-0.25, -0.2) is 9.37 Å². The Hall–Kier alpha value is -2.18. The Labute approximate surface area is 104 Å². The van der Waals surface area contributed by atoms with Gasteiger partial charge < -0.3 is 16.8 Å². The molecule has 1 atom stereocenters. The van der Waals surface area contributed by atoms with E-state index in [4.69, 9.17) is 11.5 Å². The molecule has 0 saturated heterocycles. The zero-order valence-electron chi connectivity index (χ0n) is 10.1. The third kappa shape index (κ3) is 3.16. The van der Waals surface area contributed by atoms with Crippen LogP contribution in [0.2, 0.25) is 0 Å². The van der Waals surface area contributed by atoms with Crippen LogP contribution in [0.25, 0.3) is 0 Å². The van der Waals surface area contributed by atoms with Crippen molar-refractivity contribution in [1.82, 2.24) is 10.3 Å². The van der Waals surface area contributed by atoms with Gasteiger partial charge in [-0.1, -0.05) is 13.8 Å². The molecule has 1 heterocycles. The molecule has 0 aliphatic carbocycles. The molecule has 1 aromatic rings. The van der Waals surface area contributed by atoms with Crippen molar-refractivity contribution in [2.24, 2.45) is 11.7 Å². The molecule has 6 nitrogen and oxygen atoms in total. The summed E-state index contributed by atoms with van der Waals surface area (Å²) >= 11 is 0. The Morgan fingerprint density at radius 2 is 2.06 bits per heavy atom. The van der Waals surface area contributed by atoms with E-state index in [1.807, 2.05) is 0 Å². The van der Waals surface area contributed by atoms with Crippen LogP contribution < -0.4 is 16.8 Å². The van der Waals surface area contributed by atoms with Gasteiger partial charge in [0.1, 0.15) is 17.7 Å². The van der Waals surface area contributed by atoms with E-state index in [-0.39, 0.29) is 17.3 Å². The summed E-state index contributed by atoms with van der Waals surface area (Å²) in [7, 11) is 0. The Balaban J connectivity index is 2.94. The van der Waals surface area contributed by atoms with Crippen LogP contribution in [0, 0.1) is 11.7 Å². The fraction of sp³-hybridized carbons (Fsp3) is 0.364. The fourth-order valence-corrected chi connectivity index (χ4v) is 1.42. The normalized spacial score (nSPS) is 12.2. The number of amides is 2. The molecule has 0 aromatic carbocycles. The van der Waals surface area contributed by atoms with Gasteiger partial charge in [0.2, 0.25) is 5.91 Å². The monoisotopic (exact) mass is 254 g/mol. The molecular formula is C11H15FN4O2. The number of rotatable bonds is 4. The predicted octanol–water partition coefficient (Wildman–Crippen LogP) is 0.0426. The first kappa shape index (κ1) is 13.9. The maximum Gasteiger partial charge on any atom is 0.255 e. The van der Waals surface area contributed by atoms with Crippen molar-refractivity contribution in [3.8, 4) is 0 Å². The number of nitrogens with zero attached hydrogens (tertiary/aromatic N) is 1. The van der Waals surface area contributed by atoms with Gasteiger partial charge in [0.25, 0.3) is 5.91 Å². The maximum absolute atomic E-state index is 13.0. The minimum absolute atomic E-state index is 0.110. The number of anilines is 1. The summed E-state index contributed by atoms with van der Waals surface area (Å²) in [6.07, 6.45) is 0.903. The SMILES string of the molecule is CC(C)C(NC(=O)c1cc(F)cnc1N)C(N)=O. The number of carbonyl (C=O) groups excluding carboxylic acids is 2. The second-order valence-electron chi connectivity index (χ2n) is 4.18. The van der Waals surface area contributed by atoms with Gasteiger partial charge >= 0.3 is 0 Å². The van der Waals surface area contributed by atoms with Crippen LogP contribution in [0.1, 0.15) is 24.2 Å². The number of nitrogens with one attached hydrogen (secondary N) is 1. The molecule has 7 heteroatoms. The lowest BCUT2D eigenvalue weighted by Gasteiger charge is -2.19. The number of carbonyl (C=O) groups is 2. The van der Waals surface area contributed by atoms with Gasteiger partial charge in [-0.05, 0) is 12.0 Å². The van der Waals surface area contributed by atoms with Crippen molar-refractivity contribution >= 4 is 17.6 Å². The zero-order chi connectivity index (χ0) is 13.9. The molecule has 0 fully saturated rings. The van der Waals surface area contributed by atoms with Crippen molar-refractivity contribution in [1.29, 1.82) is 0 Å². The zero-order valence-corrected chi connectivity index (χ0v) is 10.1. The average molecular weight is 254 g/mol. The number of pyridine rings is 1. The summed E-state index contributed by atoms with van der Waals surface area (Å²) in [6.45, 7) is 3.45. The summed E-state index contributed by atoms with van der Waals surface area (Å²) in [6, 6.07) is 0.107. The van der Waals surface area contributed by atoms with Gasteiger partial charge in [0.05, 0.1) is 11.8 Å². The molecule has 0 spiro atoms. The third-order valence-corrected chi connectivity index (χ3v) is 2.39. The minimum atomic E-state index is -0.847. The summed E-state index contributed by atoms with van der Waals surface area (Å²) in [5.74, 6) is -2.33. The van der Waals surface area contributed by atoms with Gasteiger partial charge in [0, 0.05) is 0 Å². The molecule has 0 bridgehead atoms. The molecule has 1 rings (SSSR count). The largest absolute Gasteiger partial charge is 0.383 e. The van der Waals surface area contributed by atoms with Crippen molar-refractivity contribution < 1.29 is 14.0 Å². The van der Waals surface area contributed by atoms with E-state index in [0.29, 0.717) is 0 Å². The molecule has 0 aliphatic heterocycles. The van der Waals surface area contributed by atoms with Gasteiger partial charge in [-0.15, -0.1) is 0 Å². The van der Waals surface area contributed by atoms with Crippen molar-refractivity contribution in [2.75, 3.05) is 5.73 Å². The topological polar surface area (TPSA) is 111 Å². The van der Waals surface area contributed by atoms with Crippen LogP contribution in [-0.2, 0) is 4.79 Å². The summed E-state index contributed by atoms with van der Waals surface area (Å²) in [5, 5.41) is 2.40. The van der Waals surface area contributed by atoms with Gasteiger partial charge in [0.15, 0.2) is 0 Å². The van der Waals surface area contributed by atoms with Gasteiger partial charge in [-0.3, -0.25) is 9.59 Å². The second-order valence-corrected chi connectivity index (χ2v) is 4.18. The number of nitrogen functional groups attached to an aromatic ring is 1. The summed E-state index contributed by atoms with van der Waals surface area (Å²) < 4.78 is 13.0. The predicted molar refractivity (Wildman–Crippen MR) is 63.9 cm³/mol. The molecule has 0 aliphatic rings. The first-order valence-electron chi connectivity index (χ1n) is 5.34. The highest BCUT2D eigenvalue weighted by Gasteiger charge is 2.23. The Morgan fingerprint density at radius 1 is 1.44 bits per heavy atom. The highest BCUT2D eigenvalue weighted by Crippen LogP contribution is 2.11. The number of hydrogen-bond donors (Lipinski definition) is 3. The Kier molecular flexibility index (Phi) is 4.19. The van der Waals surface area contributed by atoms with Gasteiger partial charge in [-0.2, -0.15) is 0 Å². The Morgan fingerprint density at radius 3 is 2.56 bits per heavy atom. The van der Waals surface area contributed by atoms with Crippen molar-refractivity contribution in [2.45, 2.75) is 19.9 Å². The molecule has 18 heavy (non-hydrogen) atoms. The van der Waals surface area contributed by atoms with E-state index in [9.17, 15) is 14.0 Å². The molecule has 0 saturated carbocycles. The highest BCUT2D eigenvalue weighted by atomic mass is 19.1. The van der Waals surface area contributed by atoms with Crippen LogP contribution in [0.4, 0.5) is 10.2 Å². The molecule has 1 unspecified atom stereocenters. The molecule has 5 N–H and O–H groups in total. The van der Waals surface area contributed by atoms with Crippen molar-refractivity contribution in [3.05, 3.63) is 23.6 Å². The molecule has 1 aromatic heterocycles. The van der Waals surface area contributed by atoms with E-state index >= 15 is 0 Å². The minimum Gasteiger partial charge on any atom is -0.383 e. The smallest absolute Gasteiger partial charge is 0.255 e. The number of halogens is 1. The number of primary amides is 1. The lowest BCUT2D eigenvalue weighted by Crippen LogP contribution is -2.47.